The first-order chi connectivity index (χ1) is 20.5. The van der Waals surface area contributed by atoms with Crippen LogP contribution in [-0.2, 0) is 25.2 Å². The molecule has 3 heterocycles. The second-order valence-electron chi connectivity index (χ2n) is 12.0. The number of hydrogen-bond donors (Lipinski definition) is 1. The number of nitrogens with zero attached hydrogens (tertiary/aromatic N) is 2. The van der Waals surface area contributed by atoms with Crippen molar-refractivity contribution in [1.82, 2.24) is 10.2 Å². The Balaban J connectivity index is 1.44. The Bertz CT molecular complexity index is 1310. The van der Waals surface area contributed by atoms with Gasteiger partial charge in [-0.05, 0) is 43.0 Å². The van der Waals surface area contributed by atoms with Gasteiger partial charge in [0.05, 0.1) is 25.2 Å². The van der Waals surface area contributed by atoms with Gasteiger partial charge in [-0.25, -0.2) is 4.39 Å². The molecular formula is C32H39F4N3O4. The lowest BCUT2D eigenvalue weighted by Crippen LogP contribution is -2.49. The molecule has 0 unspecified atom stereocenters. The summed E-state index contributed by atoms with van der Waals surface area (Å²) in [7, 11) is 2.87. The first-order valence-electron chi connectivity index (χ1n) is 14.7. The predicted octanol–water partition coefficient (Wildman–Crippen LogP) is 4.69. The molecule has 0 bridgehead atoms. The van der Waals surface area contributed by atoms with Crippen molar-refractivity contribution in [3.63, 3.8) is 0 Å². The molecule has 11 heteroatoms. The Hall–Kier alpha value is -3.18. The molecule has 1 N–H and O–H groups in total. The lowest BCUT2D eigenvalue weighted by atomic mass is 9.85. The Morgan fingerprint density at radius 2 is 1.74 bits per heavy atom. The number of alkyl halides is 4. The molecule has 0 aliphatic carbocycles. The quantitative estimate of drug-likeness (QED) is 0.365. The monoisotopic (exact) mass is 605 g/mol. The summed E-state index contributed by atoms with van der Waals surface area (Å²) in [5, 5.41) is 3.05. The number of likely N-dealkylation sites (tertiary alicyclic amines) is 1. The Morgan fingerprint density at radius 3 is 2.37 bits per heavy atom. The summed E-state index contributed by atoms with van der Waals surface area (Å²) in [6.07, 6.45) is -3.63. The van der Waals surface area contributed by atoms with Crippen LogP contribution in [0.4, 0.5) is 23.2 Å². The van der Waals surface area contributed by atoms with Gasteiger partial charge in [0.2, 0.25) is 5.67 Å². The van der Waals surface area contributed by atoms with Gasteiger partial charge in [-0.1, -0.05) is 35.9 Å². The highest BCUT2D eigenvalue weighted by molar-refractivity contribution is 5.88. The number of benzene rings is 2. The molecule has 5 rings (SSSR count). The summed E-state index contributed by atoms with van der Waals surface area (Å²) in [5.41, 5.74) is -0.0482. The van der Waals surface area contributed by atoms with Crippen molar-refractivity contribution >= 4 is 17.6 Å². The average molecular weight is 606 g/mol. The zero-order valence-corrected chi connectivity index (χ0v) is 24.8. The minimum absolute atomic E-state index is 0.110. The van der Waals surface area contributed by atoms with Crippen molar-refractivity contribution in [2.75, 3.05) is 65.0 Å². The smallest absolute Gasteiger partial charge is 0.416 e. The van der Waals surface area contributed by atoms with E-state index in [2.05, 4.69) is 5.32 Å². The molecule has 3 aliphatic heterocycles. The zero-order chi connectivity index (χ0) is 30.9. The van der Waals surface area contributed by atoms with E-state index in [1.54, 1.807) is 0 Å². The highest BCUT2D eigenvalue weighted by atomic mass is 19.4. The number of nitrogens with one attached hydrogen (secondary N) is 1. The van der Waals surface area contributed by atoms with Crippen molar-refractivity contribution < 1.29 is 36.6 Å². The second-order valence-corrected chi connectivity index (χ2v) is 12.0. The van der Waals surface area contributed by atoms with Crippen molar-refractivity contribution in [3.8, 4) is 0 Å². The molecule has 4 atom stereocenters. The second kappa shape index (κ2) is 12.4. The molecule has 0 saturated carbocycles. The van der Waals surface area contributed by atoms with E-state index < -0.39 is 29.2 Å². The molecule has 3 aliphatic rings. The number of rotatable bonds is 7. The molecule has 2 aromatic carbocycles. The standard InChI is InChI=1S/C32H39F4N3O4/c1-20-4-6-21(7-5-20)27-15-37-19-31(27,33)30(41)39-16-23(18-42-2)26(17-39)25-9-8-24(32(34,35)36)14-28(25)38-12-10-22(11-13-38)29(40)43-3/h4-9,14,22-23,26-27,37H,10-13,15-19H2,1-3H3/t23-,26+,27+,31+/m1/s1. The summed E-state index contributed by atoms with van der Waals surface area (Å²) in [5.74, 6) is -2.50. The Kier molecular flexibility index (Phi) is 9.04. The highest BCUT2D eigenvalue weighted by Gasteiger charge is 2.54. The van der Waals surface area contributed by atoms with Gasteiger partial charge in [-0.3, -0.25) is 9.59 Å². The molecular weight excluding hydrogens is 566 g/mol. The van der Waals surface area contributed by atoms with Crippen LogP contribution in [0, 0.1) is 18.8 Å². The van der Waals surface area contributed by atoms with E-state index in [0.29, 0.717) is 43.7 Å². The number of esters is 1. The first kappa shape index (κ1) is 31.3. The number of piperidine rings is 1. The van der Waals surface area contributed by atoms with E-state index in [0.717, 1.165) is 23.3 Å². The van der Waals surface area contributed by atoms with Crippen molar-refractivity contribution in [1.29, 1.82) is 0 Å². The fourth-order valence-electron chi connectivity index (χ4n) is 6.95. The van der Waals surface area contributed by atoms with Crippen molar-refractivity contribution in [2.45, 2.75) is 43.4 Å². The van der Waals surface area contributed by atoms with Crippen LogP contribution in [0.2, 0.25) is 0 Å². The van der Waals surface area contributed by atoms with Crippen LogP contribution in [0.15, 0.2) is 42.5 Å². The van der Waals surface area contributed by atoms with Gasteiger partial charge < -0.3 is 24.6 Å². The molecule has 7 nitrogen and oxygen atoms in total. The van der Waals surface area contributed by atoms with Crippen LogP contribution in [0.25, 0.3) is 0 Å². The normalized spacial score (nSPS) is 26.6. The molecule has 3 saturated heterocycles. The number of hydrogen-bond acceptors (Lipinski definition) is 6. The van der Waals surface area contributed by atoms with E-state index in [4.69, 9.17) is 9.47 Å². The van der Waals surface area contributed by atoms with Gasteiger partial charge in [0.25, 0.3) is 5.91 Å². The van der Waals surface area contributed by atoms with Crippen molar-refractivity contribution in [3.05, 3.63) is 64.7 Å². The number of carbonyl (C=O) groups excluding carboxylic acids is 2. The van der Waals surface area contributed by atoms with Crippen LogP contribution in [0.5, 0.6) is 0 Å². The van der Waals surface area contributed by atoms with Crippen LogP contribution in [0.1, 0.15) is 46.9 Å². The largest absolute Gasteiger partial charge is 0.469 e. The number of amides is 1. The average Bonchev–Trinajstić information content (AvgIpc) is 3.60. The summed E-state index contributed by atoms with van der Waals surface area (Å²) in [6, 6.07) is 11.2. The van der Waals surface area contributed by atoms with Gasteiger partial charge in [-0.15, -0.1) is 0 Å². The number of carbonyl (C=O) groups is 2. The van der Waals surface area contributed by atoms with E-state index in [1.165, 1.54) is 25.2 Å². The van der Waals surface area contributed by atoms with Gasteiger partial charge in [0.15, 0.2) is 0 Å². The maximum atomic E-state index is 16.7. The lowest BCUT2D eigenvalue weighted by molar-refractivity contribution is -0.146. The third kappa shape index (κ3) is 6.24. The zero-order valence-electron chi connectivity index (χ0n) is 24.8. The maximum Gasteiger partial charge on any atom is 0.416 e. The molecule has 1 amide bonds. The van der Waals surface area contributed by atoms with Gasteiger partial charge in [0.1, 0.15) is 0 Å². The molecule has 2 aromatic rings. The SMILES string of the molecule is COC[C@H]1CN(C(=O)[C@]2(F)CNC[C@H]2c2ccc(C)cc2)C[C@@H]1c1ccc(C(F)(F)F)cc1N1CCC(C(=O)OC)CC1. The Morgan fingerprint density at radius 1 is 1.05 bits per heavy atom. The topological polar surface area (TPSA) is 71.1 Å². The third-order valence-electron chi connectivity index (χ3n) is 9.35. The van der Waals surface area contributed by atoms with Crippen LogP contribution < -0.4 is 10.2 Å². The number of anilines is 1. The number of ether oxygens (including phenoxy) is 2. The molecule has 0 spiro atoms. The summed E-state index contributed by atoms with van der Waals surface area (Å²) >= 11 is 0. The van der Waals surface area contributed by atoms with E-state index in [-0.39, 0.29) is 50.0 Å². The van der Waals surface area contributed by atoms with Crippen molar-refractivity contribution in [2.24, 2.45) is 11.8 Å². The third-order valence-corrected chi connectivity index (χ3v) is 9.35. The minimum Gasteiger partial charge on any atom is -0.469 e. The van der Waals surface area contributed by atoms with E-state index >= 15 is 4.39 Å². The molecule has 0 aromatic heterocycles. The van der Waals surface area contributed by atoms with Gasteiger partial charge in [-0.2, -0.15) is 13.2 Å². The summed E-state index contributed by atoms with van der Waals surface area (Å²) < 4.78 is 68.5. The summed E-state index contributed by atoms with van der Waals surface area (Å²) in [6.45, 7) is 3.59. The number of aryl methyl sites for hydroxylation is 1. The van der Waals surface area contributed by atoms with E-state index in [1.807, 2.05) is 36.1 Å². The molecule has 43 heavy (non-hydrogen) atoms. The maximum absolute atomic E-state index is 16.7. The molecule has 234 valence electrons. The lowest BCUT2D eigenvalue weighted by Gasteiger charge is -2.35. The fraction of sp³-hybridized carbons (Fsp3) is 0.562. The first-order valence-corrected chi connectivity index (χ1v) is 14.7. The van der Waals surface area contributed by atoms with Crippen LogP contribution >= 0.6 is 0 Å². The molecule has 3 fully saturated rings. The van der Waals surface area contributed by atoms with Crippen LogP contribution in [0.3, 0.4) is 0 Å². The number of methoxy groups -OCH3 is 2. The minimum atomic E-state index is -4.54. The van der Waals surface area contributed by atoms with E-state index in [9.17, 15) is 22.8 Å². The predicted molar refractivity (Wildman–Crippen MR) is 154 cm³/mol. The van der Waals surface area contributed by atoms with Crippen LogP contribution in [-0.4, -0.2) is 82.5 Å². The van der Waals surface area contributed by atoms with Gasteiger partial charge in [0, 0.05) is 69.8 Å². The number of halogens is 4. The fourth-order valence-corrected chi connectivity index (χ4v) is 6.95. The Labute approximate surface area is 249 Å². The van der Waals surface area contributed by atoms with Gasteiger partial charge >= 0.3 is 12.1 Å². The highest BCUT2D eigenvalue weighted by Crippen LogP contribution is 2.44. The summed E-state index contributed by atoms with van der Waals surface area (Å²) in [4.78, 5) is 29.4. The molecule has 0 radical (unpaired) electrons.